The highest BCUT2D eigenvalue weighted by molar-refractivity contribution is 9.10. The summed E-state index contributed by atoms with van der Waals surface area (Å²) in [7, 11) is 0. The number of benzene rings is 2. The van der Waals surface area contributed by atoms with Crippen LogP contribution in [-0.4, -0.2) is 18.7 Å². The number of rotatable bonds is 6. The van der Waals surface area contributed by atoms with Crippen LogP contribution < -0.4 is 10.2 Å². The van der Waals surface area contributed by atoms with Crippen molar-refractivity contribution >= 4 is 45.7 Å². The van der Waals surface area contributed by atoms with E-state index in [1.165, 1.54) is 6.21 Å². The molecule has 4 nitrogen and oxygen atoms in total. The zero-order chi connectivity index (χ0) is 16.5. The van der Waals surface area contributed by atoms with Gasteiger partial charge in [0.25, 0.3) is 5.91 Å². The van der Waals surface area contributed by atoms with Crippen molar-refractivity contribution < 1.29 is 9.53 Å². The summed E-state index contributed by atoms with van der Waals surface area (Å²) in [5, 5.41) is 4.40. The smallest absolute Gasteiger partial charge is 0.277 e. The molecule has 0 aliphatic heterocycles. The summed E-state index contributed by atoms with van der Waals surface area (Å²) in [6, 6.07) is 14.9. The molecule has 0 heterocycles. The minimum absolute atomic E-state index is 0.139. The molecular weight excluding hydrogens is 380 g/mol. The molecular formula is C17H14BrClN2O2. The van der Waals surface area contributed by atoms with E-state index in [-0.39, 0.29) is 12.5 Å². The Morgan fingerprint density at radius 1 is 1.26 bits per heavy atom. The lowest BCUT2D eigenvalue weighted by Gasteiger charge is -2.07. The number of carbonyl (C=O) groups is 1. The number of hydrogen-bond donors (Lipinski definition) is 1. The van der Waals surface area contributed by atoms with Gasteiger partial charge in [-0.1, -0.05) is 48.0 Å². The normalized spacial score (nSPS) is 11.0. The maximum Gasteiger partial charge on any atom is 0.277 e. The standard InChI is InChI=1S/C17H14BrClN2O2/c18-15-11-14(19)8-9-16(15)23-12-17(22)21-20-10-4-7-13-5-2-1-3-6-13/h1-11H,12H2,(H,21,22)/b7-4+,20-10-. The van der Waals surface area contributed by atoms with Gasteiger partial charge in [-0.05, 0) is 45.8 Å². The minimum atomic E-state index is -0.351. The van der Waals surface area contributed by atoms with Crippen molar-refractivity contribution in [2.75, 3.05) is 6.61 Å². The molecule has 0 aromatic heterocycles. The van der Waals surface area contributed by atoms with Crippen molar-refractivity contribution in [2.24, 2.45) is 5.10 Å². The number of nitrogens with zero attached hydrogens (tertiary/aromatic N) is 1. The molecule has 1 N–H and O–H groups in total. The third kappa shape index (κ3) is 6.26. The van der Waals surface area contributed by atoms with Crippen LogP contribution in [0.15, 0.2) is 64.2 Å². The number of ether oxygens (including phenoxy) is 1. The van der Waals surface area contributed by atoms with Crippen molar-refractivity contribution in [3.05, 3.63) is 69.7 Å². The SMILES string of the molecule is O=C(COc1ccc(Cl)cc1Br)N/N=C\C=C\c1ccccc1. The van der Waals surface area contributed by atoms with Gasteiger partial charge in [0.05, 0.1) is 4.47 Å². The van der Waals surface area contributed by atoms with Gasteiger partial charge in [0.2, 0.25) is 0 Å². The van der Waals surface area contributed by atoms with E-state index in [1.54, 1.807) is 24.3 Å². The molecule has 23 heavy (non-hydrogen) atoms. The predicted molar refractivity (Wildman–Crippen MR) is 96.8 cm³/mol. The van der Waals surface area contributed by atoms with Gasteiger partial charge in [-0.15, -0.1) is 0 Å². The summed E-state index contributed by atoms with van der Waals surface area (Å²) in [5.41, 5.74) is 3.44. The summed E-state index contributed by atoms with van der Waals surface area (Å²) in [4.78, 5) is 11.6. The number of nitrogens with one attached hydrogen (secondary N) is 1. The van der Waals surface area contributed by atoms with Crippen LogP contribution in [-0.2, 0) is 4.79 Å². The predicted octanol–water partition coefficient (Wildman–Crippen LogP) is 4.30. The summed E-state index contributed by atoms with van der Waals surface area (Å²) >= 11 is 9.14. The van der Waals surface area contributed by atoms with Gasteiger partial charge >= 0.3 is 0 Å². The Balaban J connectivity index is 1.74. The fourth-order valence-corrected chi connectivity index (χ4v) is 2.44. The molecule has 1 amide bonds. The van der Waals surface area contributed by atoms with Gasteiger partial charge in [-0.2, -0.15) is 5.10 Å². The Bertz CT molecular complexity index is 718. The van der Waals surface area contributed by atoms with Crippen LogP contribution in [0.1, 0.15) is 5.56 Å². The zero-order valence-electron chi connectivity index (χ0n) is 12.1. The van der Waals surface area contributed by atoms with E-state index in [9.17, 15) is 4.79 Å². The largest absolute Gasteiger partial charge is 0.483 e. The summed E-state index contributed by atoms with van der Waals surface area (Å²) in [6.45, 7) is -0.139. The number of carbonyl (C=O) groups excluding carboxylic acids is 1. The van der Waals surface area contributed by atoms with Crippen LogP contribution in [0.25, 0.3) is 6.08 Å². The van der Waals surface area contributed by atoms with Gasteiger partial charge in [0.1, 0.15) is 5.75 Å². The summed E-state index contributed by atoms with van der Waals surface area (Å²) < 4.78 is 6.06. The Hall–Kier alpha value is -2.11. The molecule has 2 rings (SSSR count). The second-order valence-corrected chi connectivity index (χ2v) is 5.74. The Morgan fingerprint density at radius 3 is 2.78 bits per heavy atom. The van der Waals surface area contributed by atoms with Crippen molar-refractivity contribution in [3.8, 4) is 5.75 Å². The summed E-state index contributed by atoms with van der Waals surface area (Å²) in [5.74, 6) is 0.189. The first-order valence-corrected chi connectivity index (χ1v) is 7.94. The van der Waals surface area contributed by atoms with Crippen LogP contribution in [0.4, 0.5) is 0 Å². The lowest BCUT2D eigenvalue weighted by molar-refractivity contribution is -0.123. The lowest BCUT2D eigenvalue weighted by atomic mass is 10.2. The van der Waals surface area contributed by atoms with E-state index in [0.29, 0.717) is 15.2 Å². The zero-order valence-corrected chi connectivity index (χ0v) is 14.4. The highest BCUT2D eigenvalue weighted by atomic mass is 79.9. The molecule has 118 valence electrons. The molecule has 0 fully saturated rings. The fourth-order valence-electron chi connectivity index (χ4n) is 1.64. The third-order valence-corrected chi connectivity index (χ3v) is 3.55. The fraction of sp³-hybridized carbons (Fsp3) is 0.0588. The monoisotopic (exact) mass is 392 g/mol. The molecule has 6 heteroatoms. The number of allylic oxidation sites excluding steroid dienone is 1. The van der Waals surface area contributed by atoms with E-state index >= 15 is 0 Å². The third-order valence-electron chi connectivity index (χ3n) is 2.69. The molecule has 0 aliphatic rings. The van der Waals surface area contributed by atoms with Crippen molar-refractivity contribution in [2.45, 2.75) is 0 Å². The molecule has 2 aromatic carbocycles. The van der Waals surface area contributed by atoms with Crippen LogP contribution >= 0.6 is 27.5 Å². The quantitative estimate of drug-likeness (QED) is 0.588. The maximum atomic E-state index is 11.6. The van der Waals surface area contributed by atoms with Crippen molar-refractivity contribution in [1.29, 1.82) is 0 Å². The lowest BCUT2D eigenvalue weighted by Crippen LogP contribution is -2.24. The second-order valence-electron chi connectivity index (χ2n) is 4.45. The van der Waals surface area contributed by atoms with E-state index in [4.69, 9.17) is 16.3 Å². The van der Waals surface area contributed by atoms with E-state index < -0.39 is 0 Å². The molecule has 0 radical (unpaired) electrons. The van der Waals surface area contributed by atoms with Crippen LogP contribution in [0.2, 0.25) is 5.02 Å². The molecule has 0 spiro atoms. The molecule has 0 unspecified atom stereocenters. The first-order valence-electron chi connectivity index (χ1n) is 6.76. The summed E-state index contributed by atoms with van der Waals surface area (Å²) in [6.07, 6.45) is 5.13. The van der Waals surface area contributed by atoms with Gasteiger partial charge in [-0.25, -0.2) is 5.43 Å². The topological polar surface area (TPSA) is 50.7 Å². The average Bonchev–Trinajstić information content (AvgIpc) is 2.54. The van der Waals surface area contributed by atoms with Crippen LogP contribution in [0.3, 0.4) is 0 Å². The van der Waals surface area contributed by atoms with Gasteiger partial charge in [0, 0.05) is 11.2 Å². The van der Waals surface area contributed by atoms with Crippen molar-refractivity contribution in [3.63, 3.8) is 0 Å². The van der Waals surface area contributed by atoms with E-state index in [0.717, 1.165) is 5.56 Å². The first-order chi connectivity index (χ1) is 11.1. The van der Waals surface area contributed by atoms with E-state index in [1.807, 2.05) is 36.4 Å². The number of hydrogen-bond acceptors (Lipinski definition) is 3. The Morgan fingerprint density at radius 2 is 2.04 bits per heavy atom. The van der Waals surface area contributed by atoms with Crippen LogP contribution in [0.5, 0.6) is 5.75 Å². The molecule has 0 bridgehead atoms. The Labute approximate surface area is 147 Å². The molecule has 0 atom stereocenters. The minimum Gasteiger partial charge on any atom is -0.483 e. The number of amides is 1. The number of halogens is 2. The highest BCUT2D eigenvalue weighted by Gasteiger charge is 2.05. The Kier molecular flexibility index (Phi) is 6.84. The highest BCUT2D eigenvalue weighted by Crippen LogP contribution is 2.27. The molecule has 0 aliphatic carbocycles. The van der Waals surface area contributed by atoms with Gasteiger partial charge in [0.15, 0.2) is 6.61 Å². The molecule has 0 saturated heterocycles. The van der Waals surface area contributed by atoms with Gasteiger partial charge < -0.3 is 4.74 Å². The number of hydrazone groups is 1. The van der Waals surface area contributed by atoms with Crippen LogP contribution in [0, 0.1) is 0 Å². The van der Waals surface area contributed by atoms with E-state index in [2.05, 4.69) is 26.5 Å². The second kappa shape index (κ2) is 9.12. The molecule has 0 saturated carbocycles. The van der Waals surface area contributed by atoms with Crippen molar-refractivity contribution in [1.82, 2.24) is 5.43 Å². The first kappa shape index (κ1) is 17.2. The average molecular weight is 394 g/mol. The molecule has 2 aromatic rings. The van der Waals surface area contributed by atoms with Gasteiger partial charge in [-0.3, -0.25) is 4.79 Å². The maximum absolute atomic E-state index is 11.6.